The van der Waals surface area contributed by atoms with Crippen molar-refractivity contribution in [2.45, 2.75) is 40.4 Å². The smallest absolute Gasteiger partial charge is 0.242 e. The fourth-order valence-corrected chi connectivity index (χ4v) is 9.30. The number of hydrogen-bond acceptors (Lipinski definition) is 4. The molecule has 5 nitrogen and oxygen atoms in total. The molecule has 1 saturated heterocycles. The van der Waals surface area contributed by atoms with Crippen LogP contribution in [0.2, 0.25) is 15.1 Å². The van der Waals surface area contributed by atoms with Crippen molar-refractivity contribution >= 4 is 56.0 Å². The molecule has 0 radical (unpaired) electrons. The first-order chi connectivity index (χ1) is 18.6. The van der Waals surface area contributed by atoms with Gasteiger partial charge < -0.3 is 9.45 Å². The van der Waals surface area contributed by atoms with E-state index in [1.54, 1.807) is 25.2 Å². The highest BCUT2D eigenvalue weighted by Gasteiger charge is 2.48. The second kappa shape index (κ2) is 11.9. The molecule has 2 unspecified atom stereocenters. The van der Waals surface area contributed by atoms with E-state index < -0.39 is 21.2 Å². The molecule has 10 heteroatoms. The maximum atomic E-state index is 13.3. The van der Waals surface area contributed by atoms with Crippen molar-refractivity contribution in [1.29, 1.82) is 0 Å². The number of fused-ring (bicyclic) bond motifs is 2. The van der Waals surface area contributed by atoms with Gasteiger partial charge in [0.25, 0.3) is 0 Å². The lowest BCUT2D eigenvalue weighted by atomic mass is 9.74. The lowest BCUT2D eigenvalue weighted by Crippen LogP contribution is -2.44. The van der Waals surface area contributed by atoms with E-state index in [1.807, 2.05) is 30.3 Å². The highest BCUT2D eigenvalue weighted by molar-refractivity contribution is 7.91. The first-order valence-corrected chi connectivity index (χ1v) is 16.9. The van der Waals surface area contributed by atoms with Crippen molar-refractivity contribution in [2.75, 3.05) is 39.0 Å². The number of likely N-dealkylation sites (tertiary alicyclic amines) is 1. The van der Waals surface area contributed by atoms with Crippen LogP contribution >= 0.6 is 34.8 Å². The van der Waals surface area contributed by atoms with Crippen LogP contribution in [0.5, 0.6) is 0 Å². The van der Waals surface area contributed by atoms with Gasteiger partial charge in [0, 0.05) is 29.6 Å². The molecule has 3 aromatic carbocycles. The minimum atomic E-state index is -3.70. The quantitative estimate of drug-likeness (QED) is 0.265. The topological polar surface area (TPSA) is 63.7 Å². The van der Waals surface area contributed by atoms with Gasteiger partial charge in [-0.3, -0.25) is 0 Å². The van der Waals surface area contributed by atoms with Crippen LogP contribution in [0.4, 0.5) is 0 Å². The Balaban J connectivity index is 1.29. The molecule has 2 heterocycles. The summed E-state index contributed by atoms with van der Waals surface area (Å²) in [6.07, 6.45) is 2.70. The number of sulfonamides is 1. The Kier molecular flexibility index (Phi) is 8.92. The maximum absolute atomic E-state index is 13.3. The highest BCUT2D eigenvalue weighted by Crippen LogP contribution is 2.46. The van der Waals surface area contributed by atoms with E-state index in [-0.39, 0.29) is 16.2 Å². The lowest BCUT2D eigenvalue weighted by Gasteiger charge is -2.38. The van der Waals surface area contributed by atoms with E-state index in [2.05, 4.69) is 11.0 Å². The fraction of sp³-hybridized carbons (Fsp3) is 0.379. The monoisotopic (exact) mass is 624 g/mol. The Morgan fingerprint density at radius 3 is 2.38 bits per heavy atom. The van der Waals surface area contributed by atoms with Crippen molar-refractivity contribution in [3.63, 3.8) is 0 Å². The Morgan fingerprint density at radius 1 is 1.00 bits per heavy atom. The van der Waals surface area contributed by atoms with Crippen molar-refractivity contribution in [3.05, 3.63) is 92.9 Å². The van der Waals surface area contributed by atoms with Gasteiger partial charge in [0.2, 0.25) is 10.0 Å². The molecule has 39 heavy (non-hydrogen) atoms. The Morgan fingerprint density at radius 2 is 1.69 bits per heavy atom. The summed E-state index contributed by atoms with van der Waals surface area (Å²) in [4.78, 5) is 3.64. The summed E-state index contributed by atoms with van der Waals surface area (Å²) >= 11 is 17.6. The Bertz CT molecular complexity index is 1430. The van der Waals surface area contributed by atoms with E-state index in [0.29, 0.717) is 27.4 Å². The predicted molar refractivity (Wildman–Crippen MR) is 160 cm³/mol. The molecule has 1 fully saturated rings. The second-order valence-corrected chi connectivity index (χ2v) is 15.2. The van der Waals surface area contributed by atoms with Crippen LogP contribution < -0.4 is 0 Å². The summed E-state index contributed by atoms with van der Waals surface area (Å²) in [6.45, 7) is 2.95. The molecule has 2 aliphatic rings. The van der Waals surface area contributed by atoms with Crippen LogP contribution in [0.15, 0.2) is 76.5 Å². The predicted octanol–water partition coefficient (Wildman–Crippen LogP) is 6.60. The number of halogens is 3. The zero-order valence-electron chi connectivity index (χ0n) is 21.7. The zero-order chi connectivity index (χ0) is 27.8. The molecular weight excluding hydrogens is 595 g/mol. The highest BCUT2D eigenvalue weighted by atomic mass is 35.5. The summed E-state index contributed by atoms with van der Waals surface area (Å²) in [5.74, 6) is 0.627. The van der Waals surface area contributed by atoms with Crippen LogP contribution in [0.3, 0.4) is 0 Å². The molecule has 0 bridgehead atoms. The van der Waals surface area contributed by atoms with Gasteiger partial charge in [-0.05, 0) is 104 Å². The summed E-state index contributed by atoms with van der Waals surface area (Å²) in [5.41, 5.74) is 2.20. The zero-order valence-corrected chi connectivity index (χ0v) is 25.6. The molecule has 0 aliphatic carbocycles. The van der Waals surface area contributed by atoms with Gasteiger partial charge >= 0.3 is 0 Å². The first kappa shape index (κ1) is 29.2. The van der Waals surface area contributed by atoms with Gasteiger partial charge in [-0.15, -0.1) is 0 Å². The molecule has 2 aliphatic heterocycles. The van der Waals surface area contributed by atoms with E-state index in [0.717, 1.165) is 49.4 Å². The molecule has 0 amide bonds. The van der Waals surface area contributed by atoms with Gasteiger partial charge in [0.15, 0.2) is 4.90 Å². The first-order valence-electron chi connectivity index (χ1n) is 13.0. The number of piperidine rings is 1. The van der Waals surface area contributed by atoms with Gasteiger partial charge in [-0.2, -0.15) is 0 Å². The van der Waals surface area contributed by atoms with Gasteiger partial charge in [-0.1, -0.05) is 59.1 Å². The van der Waals surface area contributed by atoms with Crippen LogP contribution in [0.25, 0.3) is 0 Å². The van der Waals surface area contributed by atoms with Gasteiger partial charge in [0.1, 0.15) is 5.75 Å². The molecule has 5 rings (SSSR count). The molecule has 0 N–H and O–H groups in total. The second-order valence-electron chi connectivity index (χ2n) is 10.5. The number of benzene rings is 3. The molecule has 1 spiro atoms. The molecular formula is C29H31Cl3N2O3S2. The molecule has 3 aromatic rings. The number of hydrogen-bond donors (Lipinski definition) is 0. The van der Waals surface area contributed by atoms with Crippen molar-refractivity contribution in [2.24, 2.45) is 0 Å². The van der Waals surface area contributed by atoms with E-state index in [4.69, 9.17) is 34.8 Å². The van der Waals surface area contributed by atoms with Crippen LogP contribution in [0, 0.1) is 0 Å². The summed E-state index contributed by atoms with van der Waals surface area (Å²) in [7, 11) is -2.09. The third-order valence-corrected chi connectivity index (χ3v) is 12.6. The van der Waals surface area contributed by atoms with Crippen LogP contribution in [-0.4, -0.2) is 61.2 Å². The van der Waals surface area contributed by atoms with Crippen LogP contribution in [0.1, 0.15) is 36.3 Å². The fourth-order valence-electron chi connectivity index (χ4n) is 5.79. The van der Waals surface area contributed by atoms with Gasteiger partial charge in [-0.25, -0.2) is 12.7 Å². The van der Waals surface area contributed by atoms with Crippen molar-refractivity contribution in [1.82, 2.24) is 9.21 Å². The summed E-state index contributed by atoms with van der Waals surface area (Å²) in [5, 5.41) is 1.41. The minimum absolute atomic E-state index is 0.00602. The Labute approximate surface area is 249 Å². The maximum Gasteiger partial charge on any atom is 0.242 e. The van der Waals surface area contributed by atoms with Crippen molar-refractivity contribution in [3.8, 4) is 0 Å². The molecule has 2 atom stereocenters. The number of rotatable bonds is 8. The van der Waals surface area contributed by atoms with E-state index in [1.165, 1.54) is 22.0 Å². The normalized spacial score (nSPS) is 19.9. The van der Waals surface area contributed by atoms with Crippen molar-refractivity contribution < 1.29 is 13.0 Å². The molecule has 208 valence electrons. The van der Waals surface area contributed by atoms with E-state index in [9.17, 15) is 13.0 Å². The largest absolute Gasteiger partial charge is 0.611 e. The average molecular weight is 626 g/mol. The SMILES string of the molecule is CN(CC(CCN1CCC2(CC1)C[S+]([O-])c1ccccc12)c1ccc(Cl)c(Cl)c1)S(=O)(=O)c1ccc(Cl)cc1. The molecule has 0 saturated carbocycles. The third-order valence-electron chi connectivity index (χ3n) is 8.13. The summed E-state index contributed by atoms with van der Waals surface area (Å²) < 4.78 is 40.8. The Hall–Kier alpha value is -1.29. The summed E-state index contributed by atoms with van der Waals surface area (Å²) in [6, 6.07) is 19.9. The average Bonchev–Trinajstić information content (AvgIpc) is 3.20. The number of likely N-dealkylation sites (N-methyl/N-ethyl adjacent to an activating group) is 1. The lowest BCUT2D eigenvalue weighted by molar-refractivity contribution is 0.165. The minimum Gasteiger partial charge on any atom is -0.611 e. The van der Waals surface area contributed by atoms with Gasteiger partial charge in [0.05, 0.1) is 14.9 Å². The molecule has 0 aromatic heterocycles. The third kappa shape index (κ3) is 6.16. The van der Waals surface area contributed by atoms with E-state index >= 15 is 0 Å². The standard InChI is InChI=1S/C29H31Cl3N2O3S2/c1-33(39(36,37)24-9-7-23(30)8-10-24)19-22(21-6-11-26(31)27(32)18-21)12-15-34-16-13-29(14-17-34)20-38(35)28-5-3-2-4-25(28)29/h2-11,18,22H,12-17,19-20H2,1H3. The van der Waals surface area contributed by atoms with Crippen LogP contribution in [-0.2, 0) is 26.6 Å². The number of nitrogens with zero attached hydrogens (tertiary/aromatic N) is 2.